The molecular weight excluding hydrogens is 238 g/mol. The van der Waals surface area contributed by atoms with Gasteiger partial charge in [0.15, 0.2) is 0 Å². The molecule has 0 aromatic carbocycles. The van der Waals surface area contributed by atoms with Crippen LogP contribution >= 0.6 is 0 Å². The van der Waals surface area contributed by atoms with Gasteiger partial charge in [0.05, 0.1) is 0 Å². The number of amides is 2. The van der Waals surface area contributed by atoms with Crippen LogP contribution in [0.4, 0.5) is 4.79 Å². The molecular formula is C15H31N3O. The van der Waals surface area contributed by atoms with Crippen molar-refractivity contribution in [2.75, 3.05) is 40.3 Å². The Morgan fingerprint density at radius 2 is 2.00 bits per heavy atom. The predicted octanol–water partition coefficient (Wildman–Crippen LogP) is 2.41. The number of likely N-dealkylation sites (tertiary alicyclic amines) is 1. The normalized spacial score (nSPS) is 17.7. The highest BCUT2D eigenvalue weighted by Crippen LogP contribution is 2.16. The maximum Gasteiger partial charge on any atom is 0.317 e. The topological polar surface area (TPSA) is 35.6 Å². The molecule has 4 nitrogen and oxygen atoms in total. The molecule has 19 heavy (non-hydrogen) atoms. The minimum atomic E-state index is 0.0858. The molecule has 0 saturated carbocycles. The number of rotatable bonds is 6. The second-order valence-corrected chi connectivity index (χ2v) is 6.40. The van der Waals surface area contributed by atoms with Crippen LogP contribution in [0.25, 0.3) is 0 Å². The number of hydrogen-bond donors (Lipinski definition) is 1. The highest BCUT2D eigenvalue weighted by molar-refractivity contribution is 5.73. The second kappa shape index (κ2) is 8.41. The van der Waals surface area contributed by atoms with E-state index in [2.05, 4.69) is 31.1 Å². The predicted molar refractivity (Wildman–Crippen MR) is 80.3 cm³/mol. The summed E-state index contributed by atoms with van der Waals surface area (Å²) in [6, 6.07) is 0.0858. The van der Waals surface area contributed by atoms with Crippen LogP contribution < -0.4 is 5.32 Å². The monoisotopic (exact) mass is 269 g/mol. The number of carbonyl (C=O) groups excluding carboxylic acids is 1. The number of piperidine rings is 1. The van der Waals surface area contributed by atoms with Crippen molar-refractivity contribution in [3.8, 4) is 0 Å². The van der Waals surface area contributed by atoms with Crippen LogP contribution in [0.2, 0.25) is 0 Å². The summed E-state index contributed by atoms with van der Waals surface area (Å²) in [7, 11) is 4.08. The van der Waals surface area contributed by atoms with Crippen LogP contribution in [0.15, 0.2) is 0 Å². The van der Waals surface area contributed by atoms with E-state index in [1.54, 1.807) is 0 Å². The van der Waals surface area contributed by atoms with Gasteiger partial charge in [0.1, 0.15) is 0 Å². The lowest BCUT2D eigenvalue weighted by Crippen LogP contribution is -2.42. The van der Waals surface area contributed by atoms with Gasteiger partial charge in [0, 0.05) is 20.1 Å². The minimum Gasteiger partial charge on any atom is -0.338 e. The zero-order valence-corrected chi connectivity index (χ0v) is 13.1. The highest BCUT2D eigenvalue weighted by atomic mass is 16.2. The molecule has 0 aromatic heterocycles. The van der Waals surface area contributed by atoms with E-state index in [0.29, 0.717) is 11.8 Å². The van der Waals surface area contributed by atoms with E-state index >= 15 is 0 Å². The Balaban J connectivity index is 2.14. The fourth-order valence-corrected chi connectivity index (χ4v) is 2.56. The summed E-state index contributed by atoms with van der Waals surface area (Å²) in [5.74, 6) is 1.39. The van der Waals surface area contributed by atoms with E-state index in [0.717, 1.165) is 32.6 Å². The van der Waals surface area contributed by atoms with E-state index in [-0.39, 0.29) is 6.03 Å². The van der Waals surface area contributed by atoms with E-state index in [1.165, 1.54) is 19.3 Å². The largest absolute Gasteiger partial charge is 0.338 e. The summed E-state index contributed by atoms with van der Waals surface area (Å²) < 4.78 is 0. The van der Waals surface area contributed by atoms with Crippen LogP contribution in [0.1, 0.15) is 39.5 Å². The van der Waals surface area contributed by atoms with Gasteiger partial charge in [-0.25, -0.2) is 4.79 Å². The van der Waals surface area contributed by atoms with E-state index < -0.39 is 0 Å². The first-order valence-corrected chi connectivity index (χ1v) is 7.66. The number of urea groups is 1. The third kappa shape index (κ3) is 6.81. The van der Waals surface area contributed by atoms with Gasteiger partial charge in [-0.3, -0.25) is 0 Å². The summed E-state index contributed by atoms with van der Waals surface area (Å²) in [6.07, 6.45) is 4.67. The molecule has 1 rings (SSSR count). The van der Waals surface area contributed by atoms with Gasteiger partial charge in [0.25, 0.3) is 0 Å². The Bertz CT molecular complexity index is 260. The number of hydrogen-bond acceptors (Lipinski definition) is 2. The lowest BCUT2D eigenvalue weighted by atomic mass is 9.97. The first kappa shape index (κ1) is 16.3. The summed E-state index contributed by atoms with van der Waals surface area (Å²) in [5.41, 5.74) is 0. The molecule has 1 aliphatic heterocycles. The number of nitrogens with one attached hydrogen (secondary N) is 1. The Hall–Kier alpha value is -0.770. The van der Waals surface area contributed by atoms with Crippen molar-refractivity contribution >= 4 is 6.03 Å². The molecule has 2 amide bonds. The lowest BCUT2D eigenvalue weighted by molar-refractivity contribution is 0.170. The fourth-order valence-electron chi connectivity index (χ4n) is 2.56. The Morgan fingerprint density at radius 1 is 1.37 bits per heavy atom. The van der Waals surface area contributed by atoms with E-state index in [1.807, 2.05) is 11.9 Å². The molecule has 0 aliphatic carbocycles. The first-order valence-electron chi connectivity index (χ1n) is 7.66. The molecule has 0 spiro atoms. The lowest BCUT2D eigenvalue weighted by Gasteiger charge is -2.31. The van der Waals surface area contributed by atoms with Crippen molar-refractivity contribution in [1.82, 2.24) is 15.1 Å². The minimum absolute atomic E-state index is 0.0858. The smallest absolute Gasteiger partial charge is 0.317 e. The molecule has 1 aliphatic rings. The third-order valence-corrected chi connectivity index (χ3v) is 3.95. The molecule has 0 radical (unpaired) electrons. The molecule has 0 unspecified atom stereocenters. The Morgan fingerprint density at radius 3 is 2.58 bits per heavy atom. The number of carbonyl (C=O) groups is 1. The van der Waals surface area contributed by atoms with Crippen molar-refractivity contribution in [2.45, 2.75) is 39.5 Å². The number of nitrogens with zero attached hydrogens (tertiary/aromatic N) is 2. The van der Waals surface area contributed by atoms with Crippen LogP contribution in [0.3, 0.4) is 0 Å². The van der Waals surface area contributed by atoms with Crippen LogP contribution in [0.5, 0.6) is 0 Å². The van der Waals surface area contributed by atoms with Gasteiger partial charge in [-0.1, -0.05) is 13.8 Å². The van der Waals surface area contributed by atoms with Crippen LogP contribution in [-0.2, 0) is 0 Å². The third-order valence-electron chi connectivity index (χ3n) is 3.95. The Kier molecular flexibility index (Phi) is 7.21. The summed E-state index contributed by atoms with van der Waals surface area (Å²) in [6.45, 7) is 8.45. The van der Waals surface area contributed by atoms with Crippen molar-refractivity contribution in [2.24, 2.45) is 11.8 Å². The van der Waals surface area contributed by atoms with Crippen molar-refractivity contribution in [1.29, 1.82) is 0 Å². The molecule has 1 fully saturated rings. The van der Waals surface area contributed by atoms with Crippen LogP contribution in [-0.4, -0.2) is 56.1 Å². The maximum absolute atomic E-state index is 11.9. The molecule has 0 bridgehead atoms. The molecule has 4 heteroatoms. The highest BCUT2D eigenvalue weighted by Gasteiger charge is 2.19. The van der Waals surface area contributed by atoms with Gasteiger partial charge in [-0.2, -0.15) is 0 Å². The zero-order valence-electron chi connectivity index (χ0n) is 13.1. The molecule has 0 aromatic rings. The van der Waals surface area contributed by atoms with Gasteiger partial charge < -0.3 is 15.1 Å². The summed E-state index contributed by atoms with van der Waals surface area (Å²) >= 11 is 0. The molecule has 112 valence electrons. The van der Waals surface area contributed by atoms with E-state index in [4.69, 9.17) is 0 Å². The second-order valence-electron chi connectivity index (χ2n) is 6.40. The molecule has 0 atom stereocenters. The standard InChI is InChI=1S/C15H31N3O/c1-13(2)6-5-9-16-15(19)18(4)12-14-7-10-17(3)11-8-14/h13-14H,5-12H2,1-4H3,(H,16,19). The van der Waals surface area contributed by atoms with Gasteiger partial charge in [-0.15, -0.1) is 0 Å². The SMILES string of the molecule is CC(C)CCCNC(=O)N(C)CC1CCN(C)CC1. The summed E-state index contributed by atoms with van der Waals surface area (Å²) in [4.78, 5) is 16.1. The molecule has 1 saturated heterocycles. The van der Waals surface area contributed by atoms with Gasteiger partial charge in [0.2, 0.25) is 0 Å². The van der Waals surface area contributed by atoms with Gasteiger partial charge >= 0.3 is 6.03 Å². The van der Waals surface area contributed by atoms with Crippen molar-refractivity contribution in [3.05, 3.63) is 0 Å². The summed E-state index contributed by atoms with van der Waals surface area (Å²) in [5, 5.41) is 3.01. The Labute approximate surface area is 118 Å². The fraction of sp³-hybridized carbons (Fsp3) is 0.933. The van der Waals surface area contributed by atoms with E-state index in [9.17, 15) is 4.79 Å². The molecule has 1 heterocycles. The quantitative estimate of drug-likeness (QED) is 0.752. The molecule has 1 N–H and O–H groups in total. The average molecular weight is 269 g/mol. The maximum atomic E-state index is 11.9. The van der Waals surface area contributed by atoms with Crippen molar-refractivity contribution in [3.63, 3.8) is 0 Å². The zero-order chi connectivity index (χ0) is 14.3. The average Bonchev–Trinajstić information content (AvgIpc) is 2.36. The van der Waals surface area contributed by atoms with Crippen LogP contribution in [0, 0.1) is 11.8 Å². The van der Waals surface area contributed by atoms with Gasteiger partial charge in [-0.05, 0) is 57.7 Å². The first-order chi connectivity index (χ1) is 8.99. The van der Waals surface area contributed by atoms with Crippen molar-refractivity contribution < 1.29 is 4.79 Å².